The van der Waals surface area contributed by atoms with Crippen LogP contribution < -0.4 is 4.72 Å². The Hall–Kier alpha value is -2.42. The van der Waals surface area contributed by atoms with Crippen LogP contribution in [0, 0.1) is 5.82 Å². The van der Waals surface area contributed by atoms with Gasteiger partial charge in [0.25, 0.3) is 10.0 Å². The van der Waals surface area contributed by atoms with Gasteiger partial charge in [-0.1, -0.05) is 0 Å². The van der Waals surface area contributed by atoms with E-state index in [9.17, 15) is 17.6 Å². The number of anilines is 1. The lowest BCUT2D eigenvalue weighted by molar-refractivity contribution is 0.0697. The minimum atomic E-state index is -4.04. The van der Waals surface area contributed by atoms with Gasteiger partial charge < -0.3 is 5.11 Å². The van der Waals surface area contributed by atoms with Gasteiger partial charge in [-0.05, 0) is 24.3 Å². The van der Waals surface area contributed by atoms with E-state index >= 15 is 0 Å². The molecule has 9 heteroatoms. The van der Waals surface area contributed by atoms with E-state index < -0.39 is 27.5 Å². The van der Waals surface area contributed by atoms with Crippen LogP contribution in [0.2, 0.25) is 0 Å². The fourth-order valence-electron chi connectivity index (χ4n) is 1.33. The first kappa shape index (κ1) is 13.0. The maximum Gasteiger partial charge on any atom is 0.335 e. The van der Waals surface area contributed by atoms with E-state index in [1.165, 1.54) is 12.3 Å². The van der Waals surface area contributed by atoms with Crippen LogP contribution in [-0.4, -0.2) is 29.7 Å². The highest BCUT2D eigenvalue weighted by atomic mass is 32.2. The van der Waals surface area contributed by atoms with E-state index in [1.807, 2.05) is 4.72 Å². The Morgan fingerprint density at radius 1 is 1.37 bits per heavy atom. The molecular weight excluding hydrogens is 277 g/mol. The minimum absolute atomic E-state index is 0.233. The Morgan fingerprint density at radius 3 is 2.68 bits per heavy atom. The molecule has 0 aliphatic heterocycles. The highest BCUT2D eigenvalue weighted by Gasteiger charge is 2.18. The summed E-state index contributed by atoms with van der Waals surface area (Å²) >= 11 is 0. The summed E-state index contributed by atoms with van der Waals surface area (Å²) in [5.74, 6) is -2.17. The molecule has 0 saturated carbocycles. The summed E-state index contributed by atoms with van der Waals surface area (Å²) in [6.07, 6.45) is 1.22. The van der Waals surface area contributed by atoms with E-state index in [2.05, 4.69) is 10.2 Å². The van der Waals surface area contributed by atoms with Crippen molar-refractivity contribution in [2.24, 2.45) is 0 Å². The molecule has 1 heterocycles. The predicted molar refractivity (Wildman–Crippen MR) is 62.8 cm³/mol. The van der Waals surface area contributed by atoms with Gasteiger partial charge in [0.05, 0.1) is 17.4 Å². The monoisotopic (exact) mass is 285 g/mol. The number of aromatic carboxylic acids is 1. The zero-order valence-electron chi connectivity index (χ0n) is 9.29. The number of aromatic nitrogens is 2. The van der Waals surface area contributed by atoms with E-state index in [0.717, 1.165) is 18.2 Å². The molecule has 0 saturated heterocycles. The summed E-state index contributed by atoms with van der Waals surface area (Å²) in [7, 11) is -4.04. The number of halogens is 1. The van der Waals surface area contributed by atoms with Gasteiger partial charge in [0.1, 0.15) is 5.82 Å². The molecule has 0 aliphatic rings. The van der Waals surface area contributed by atoms with E-state index in [1.54, 1.807) is 0 Å². The van der Waals surface area contributed by atoms with Crippen molar-refractivity contribution in [3.8, 4) is 0 Å². The Bertz CT molecular complexity index is 712. The van der Waals surface area contributed by atoms with Crippen molar-refractivity contribution in [1.29, 1.82) is 0 Å². The van der Waals surface area contributed by atoms with Gasteiger partial charge in [0.2, 0.25) is 0 Å². The Labute approximate surface area is 107 Å². The molecule has 0 spiro atoms. The third-order valence-corrected chi connectivity index (χ3v) is 3.52. The highest BCUT2D eigenvalue weighted by Crippen LogP contribution is 2.19. The average molecular weight is 285 g/mol. The van der Waals surface area contributed by atoms with E-state index in [-0.39, 0.29) is 10.6 Å². The molecule has 0 bridgehead atoms. The van der Waals surface area contributed by atoms with Gasteiger partial charge >= 0.3 is 5.97 Å². The largest absolute Gasteiger partial charge is 0.478 e. The molecule has 100 valence electrons. The smallest absolute Gasteiger partial charge is 0.335 e. The zero-order chi connectivity index (χ0) is 14.0. The second-order valence-electron chi connectivity index (χ2n) is 3.53. The van der Waals surface area contributed by atoms with Crippen LogP contribution in [0.15, 0.2) is 35.5 Å². The van der Waals surface area contributed by atoms with Gasteiger partial charge in [-0.3, -0.25) is 9.82 Å². The lowest BCUT2D eigenvalue weighted by Crippen LogP contribution is -2.15. The number of hydrogen-bond donors (Lipinski definition) is 3. The van der Waals surface area contributed by atoms with Crippen molar-refractivity contribution >= 4 is 21.7 Å². The molecule has 7 nitrogen and oxygen atoms in total. The summed E-state index contributed by atoms with van der Waals surface area (Å²) < 4.78 is 39.0. The number of hydrogen-bond acceptors (Lipinski definition) is 4. The van der Waals surface area contributed by atoms with Crippen LogP contribution in [-0.2, 0) is 10.0 Å². The maximum absolute atomic E-state index is 13.5. The summed E-state index contributed by atoms with van der Waals surface area (Å²) in [5, 5.41) is 14.2. The van der Waals surface area contributed by atoms with Gasteiger partial charge in [-0.15, -0.1) is 0 Å². The van der Waals surface area contributed by atoms with Crippen molar-refractivity contribution in [2.75, 3.05) is 4.72 Å². The number of benzene rings is 1. The SMILES string of the molecule is O=C(O)c1ccc(F)c(NS(=O)(=O)c2ccn[nH]2)c1. The fourth-order valence-corrected chi connectivity index (χ4v) is 2.30. The number of carbonyl (C=O) groups is 1. The lowest BCUT2D eigenvalue weighted by Gasteiger charge is -2.07. The number of nitrogens with zero attached hydrogens (tertiary/aromatic N) is 1. The van der Waals surface area contributed by atoms with Crippen LogP contribution in [0.25, 0.3) is 0 Å². The van der Waals surface area contributed by atoms with Crippen molar-refractivity contribution in [3.05, 3.63) is 41.8 Å². The third-order valence-electron chi connectivity index (χ3n) is 2.22. The molecule has 0 aliphatic carbocycles. The van der Waals surface area contributed by atoms with E-state index in [0.29, 0.717) is 0 Å². The summed E-state index contributed by atoms with van der Waals surface area (Å²) in [6, 6.07) is 3.98. The number of carboxylic acids is 1. The second kappa shape index (κ2) is 4.69. The molecule has 1 aromatic heterocycles. The Kier molecular flexibility index (Phi) is 3.21. The minimum Gasteiger partial charge on any atom is -0.478 e. The van der Waals surface area contributed by atoms with Crippen molar-refractivity contribution < 1.29 is 22.7 Å². The molecule has 0 fully saturated rings. The molecule has 0 atom stereocenters. The quantitative estimate of drug-likeness (QED) is 0.777. The topological polar surface area (TPSA) is 112 Å². The number of H-pyrrole nitrogens is 1. The van der Waals surface area contributed by atoms with Crippen LogP contribution in [0.1, 0.15) is 10.4 Å². The van der Waals surface area contributed by atoms with Crippen LogP contribution in [0.3, 0.4) is 0 Å². The standard InChI is InChI=1S/C10H8FN3O4S/c11-7-2-1-6(10(15)16)5-8(7)14-19(17,18)9-3-4-12-13-9/h1-5,14H,(H,12,13)(H,15,16). The number of aromatic amines is 1. The van der Waals surface area contributed by atoms with Crippen LogP contribution in [0.4, 0.5) is 10.1 Å². The molecule has 0 amide bonds. The molecule has 3 N–H and O–H groups in total. The molecule has 0 unspecified atom stereocenters. The molecule has 0 radical (unpaired) electrons. The van der Waals surface area contributed by atoms with Gasteiger partial charge in [-0.25, -0.2) is 9.18 Å². The first-order valence-electron chi connectivity index (χ1n) is 4.95. The fraction of sp³-hybridized carbons (Fsp3) is 0. The average Bonchev–Trinajstić information content (AvgIpc) is 2.85. The normalized spacial score (nSPS) is 11.2. The molecule has 2 aromatic rings. The number of nitrogens with one attached hydrogen (secondary N) is 2. The van der Waals surface area contributed by atoms with Gasteiger partial charge in [0, 0.05) is 0 Å². The zero-order valence-corrected chi connectivity index (χ0v) is 10.1. The molecular formula is C10H8FN3O4S. The van der Waals surface area contributed by atoms with Crippen LogP contribution >= 0.6 is 0 Å². The maximum atomic E-state index is 13.5. The number of sulfonamides is 1. The Balaban J connectivity index is 2.39. The predicted octanol–water partition coefficient (Wildman–Crippen LogP) is 1.05. The van der Waals surface area contributed by atoms with Gasteiger partial charge in [0.15, 0.2) is 5.03 Å². The van der Waals surface area contributed by atoms with Crippen molar-refractivity contribution in [1.82, 2.24) is 10.2 Å². The second-order valence-corrected chi connectivity index (χ2v) is 5.18. The van der Waals surface area contributed by atoms with E-state index in [4.69, 9.17) is 5.11 Å². The van der Waals surface area contributed by atoms with Crippen LogP contribution in [0.5, 0.6) is 0 Å². The van der Waals surface area contributed by atoms with Crippen molar-refractivity contribution in [2.45, 2.75) is 5.03 Å². The summed E-state index contributed by atoms with van der Waals surface area (Å²) in [5.41, 5.74) is -0.682. The first-order valence-corrected chi connectivity index (χ1v) is 6.43. The number of carboxylic acid groups (broad SMARTS) is 1. The molecule has 1 aromatic carbocycles. The highest BCUT2D eigenvalue weighted by molar-refractivity contribution is 7.92. The summed E-state index contributed by atoms with van der Waals surface area (Å²) in [6.45, 7) is 0. The Morgan fingerprint density at radius 2 is 2.11 bits per heavy atom. The first-order chi connectivity index (χ1) is 8.90. The lowest BCUT2D eigenvalue weighted by atomic mass is 10.2. The molecule has 19 heavy (non-hydrogen) atoms. The molecule has 2 rings (SSSR count). The third kappa shape index (κ3) is 2.71. The van der Waals surface area contributed by atoms with Crippen molar-refractivity contribution in [3.63, 3.8) is 0 Å². The van der Waals surface area contributed by atoms with Gasteiger partial charge in [-0.2, -0.15) is 13.5 Å². The summed E-state index contributed by atoms with van der Waals surface area (Å²) in [4.78, 5) is 10.7. The number of rotatable bonds is 4.